The second-order valence-electron chi connectivity index (χ2n) is 3.75. The van der Waals surface area contributed by atoms with Gasteiger partial charge in [0.1, 0.15) is 0 Å². The normalized spacial score (nSPS) is 10.1. The highest BCUT2D eigenvalue weighted by Gasteiger charge is 2.09. The highest BCUT2D eigenvalue weighted by Crippen LogP contribution is 2.27. The van der Waals surface area contributed by atoms with Crippen LogP contribution in [-0.2, 0) is 0 Å². The van der Waals surface area contributed by atoms with Crippen molar-refractivity contribution in [2.45, 2.75) is 0 Å². The molecule has 2 rings (SSSR count). The predicted molar refractivity (Wildman–Crippen MR) is 72.5 cm³/mol. The predicted octanol–water partition coefficient (Wildman–Crippen LogP) is 2.34. The van der Waals surface area contributed by atoms with Gasteiger partial charge in [0.05, 0.1) is 22.6 Å². The molecule has 0 unspecified atom stereocenters. The van der Waals surface area contributed by atoms with Gasteiger partial charge < -0.3 is 11.1 Å². The molecule has 1 amide bonds. The molecule has 0 radical (unpaired) electrons. The van der Waals surface area contributed by atoms with Gasteiger partial charge >= 0.3 is 0 Å². The molecule has 5 heteroatoms. The van der Waals surface area contributed by atoms with Crippen LogP contribution in [0.25, 0.3) is 11.3 Å². The number of hydrogen-bond acceptors (Lipinski definition) is 3. The summed E-state index contributed by atoms with van der Waals surface area (Å²) in [6, 6.07) is 8.64. The number of amides is 1. The van der Waals surface area contributed by atoms with Crippen LogP contribution >= 0.6 is 11.6 Å². The minimum atomic E-state index is -0.172. The van der Waals surface area contributed by atoms with E-state index in [1.807, 2.05) is 0 Å². The first kappa shape index (κ1) is 12.4. The molecule has 0 atom stereocenters. The average Bonchev–Trinajstić information content (AvgIpc) is 2.39. The quantitative estimate of drug-likeness (QED) is 0.872. The summed E-state index contributed by atoms with van der Waals surface area (Å²) in [5.74, 6) is -0.172. The van der Waals surface area contributed by atoms with Crippen LogP contribution in [0.15, 0.2) is 36.5 Å². The first-order chi connectivity index (χ1) is 8.61. The Morgan fingerprint density at radius 1 is 1.33 bits per heavy atom. The van der Waals surface area contributed by atoms with Gasteiger partial charge in [-0.15, -0.1) is 0 Å². The number of anilines is 1. The van der Waals surface area contributed by atoms with E-state index in [9.17, 15) is 4.79 Å². The molecule has 4 nitrogen and oxygen atoms in total. The monoisotopic (exact) mass is 261 g/mol. The molecule has 1 aromatic carbocycles. The van der Waals surface area contributed by atoms with Crippen LogP contribution in [0.3, 0.4) is 0 Å². The first-order valence-corrected chi connectivity index (χ1v) is 5.73. The summed E-state index contributed by atoms with van der Waals surface area (Å²) in [4.78, 5) is 15.7. The Morgan fingerprint density at radius 3 is 2.67 bits per heavy atom. The maximum atomic E-state index is 11.5. The highest BCUT2D eigenvalue weighted by molar-refractivity contribution is 6.33. The zero-order chi connectivity index (χ0) is 13.1. The van der Waals surface area contributed by atoms with Crippen molar-refractivity contribution < 1.29 is 4.79 Å². The molecule has 1 aromatic heterocycles. The van der Waals surface area contributed by atoms with Crippen LogP contribution in [0, 0.1) is 0 Å². The van der Waals surface area contributed by atoms with Gasteiger partial charge in [-0.2, -0.15) is 0 Å². The lowest BCUT2D eigenvalue weighted by Crippen LogP contribution is -2.17. The van der Waals surface area contributed by atoms with Crippen LogP contribution in [-0.4, -0.2) is 17.9 Å². The Labute approximate surface area is 110 Å². The number of rotatable bonds is 2. The number of nitrogens with zero attached hydrogens (tertiary/aromatic N) is 1. The van der Waals surface area contributed by atoms with Crippen molar-refractivity contribution in [1.82, 2.24) is 10.3 Å². The van der Waals surface area contributed by atoms with Crippen molar-refractivity contribution >= 4 is 23.2 Å². The minimum absolute atomic E-state index is 0.172. The minimum Gasteiger partial charge on any atom is -0.397 e. The summed E-state index contributed by atoms with van der Waals surface area (Å²) in [6.07, 6.45) is 1.57. The van der Waals surface area contributed by atoms with Crippen molar-refractivity contribution in [3.8, 4) is 11.3 Å². The van der Waals surface area contributed by atoms with Gasteiger partial charge in [-0.3, -0.25) is 9.78 Å². The molecule has 2 aromatic rings. The van der Waals surface area contributed by atoms with Crippen LogP contribution in [0.1, 0.15) is 10.4 Å². The van der Waals surface area contributed by atoms with Gasteiger partial charge in [0, 0.05) is 18.2 Å². The third-order valence-corrected chi connectivity index (χ3v) is 2.83. The second-order valence-corrected chi connectivity index (χ2v) is 4.16. The average molecular weight is 262 g/mol. The summed E-state index contributed by atoms with van der Waals surface area (Å²) in [7, 11) is 1.58. The largest absolute Gasteiger partial charge is 0.397 e. The molecule has 3 N–H and O–H groups in total. The topological polar surface area (TPSA) is 68.0 Å². The standard InChI is InChI=1S/C13H12ClN3O/c1-16-13(18)8-2-4-10(11(14)6-8)12-5-3-9(15)7-17-12/h2-7H,15H2,1H3,(H,16,18). The van der Waals surface area contributed by atoms with Crippen molar-refractivity contribution in [1.29, 1.82) is 0 Å². The van der Waals surface area contributed by atoms with Crippen LogP contribution < -0.4 is 11.1 Å². The molecule has 1 heterocycles. The summed E-state index contributed by atoms with van der Waals surface area (Å²) >= 11 is 6.15. The third kappa shape index (κ3) is 2.43. The van der Waals surface area contributed by atoms with E-state index in [0.29, 0.717) is 16.3 Å². The molecule has 0 spiro atoms. The second kappa shape index (κ2) is 5.06. The van der Waals surface area contributed by atoms with E-state index in [1.165, 1.54) is 0 Å². The van der Waals surface area contributed by atoms with Crippen LogP contribution in [0.2, 0.25) is 5.02 Å². The van der Waals surface area contributed by atoms with Gasteiger partial charge in [-0.1, -0.05) is 17.7 Å². The number of carbonyl (C=O) groups excluding carboxylic acids is 1. The van der Waals surface area contributed by atoms with Gasteiger partial charge in [0.2, 0.25) is 0 Å². The maximum Gasteiger partial charge on any atom is 0.251 e. The number of benzene rings is 1. The van der Waals surface area contributed by atoms with Gasteiger partial charge in [-0.25, -0.2) is 0 Å². The molecule has 0 aliphatic rings. The van der Waals surface area contributed by atoms with Gasteiger partial charge in [0.15, 0.2) is 0 Å². The molecular formula is C13H12ClN3O. The fraction of sp³-hybridized carbons (Fsp3) is 0.0769. The Kier molecular flexibility index (Phi) is 3.48. The summed E-state index contributed by atoms with van der Waals surface area (Å²) < 4.78 is 0. The number of nitrogens with two attached hydrogens (primary N) is 1. The zero-order valence-electron chi connectivity index (χ0n) is 9.77. The lowest BCUT2D eigenvalue weighted by atomic mass is 10.1. The number of pyridine rings is 1. The molecule has 0 saturated heterocycles. The highest BCUT2D eigenvalue weighted by atomic mass is 35.5. The number of nitrogens with one attached hydrogen (secondary N) is 1. The Balaban J connectivity index is 2.41. The number of halogens is 1. The first-order valence-electron chi connectivity index (χ1n) is 5.35. The number of nitrogen functional groups attached to an aromatic ring is 1. The van der Waals surface area contributed by atoms with Crippen molar-refractivity contribution in [3.05, 3.63) is 47.1 Å². The van der Waals surface area contributed by atoms with Gasteiger partial charge in [-0.05, 0) is 24.3 Å². The Morgan fingerprint density at radius 2 is 2.11 bits per heavy atom. The molecule has 0 fully saturated rings. The zero-order valence-corrected chi connectivity index (χ0v) is 10.5. The smallest absolute Gasteiger partial charge is 0.251 e. The van der Waals surface area contributed by atoms with Crippen molar-refractivity contribution in [3.63, 3.8) is 0 Å². The maximum absolute atomic E-state index is 11.5. The Bertz CT molecular complexity index is 581. The van der Waals surface area contributed by atoms with E-state index in [-0.39, 0.29) is 5.91 Å². The van der Waals surface area contributed by atoms with E-state index in [2.05, 4.69) is 10.3 Å². The van der Waals surface area contributed by atoms with E-state index in [0.717, 1.165) is 11.3 Å². The number of hydrogen-bond donors (Lipinski definition) is 2. The number of carbonyl (C=O) groups is 1. The van der Waals surface area contributed by atoms with E-state index in [4.69, 9.17) is 17.3 Å². The molecule has 0 saturated carbocycles. The van der Waals surface area contributed by atoms with E-state index >= 15 is 0 Å². The fourth-order valence-electron chi connectivity index (χ4n) is 1.57. The number of aromatic nitrogens is 1. The molecule has 92 valence electrons. The molecule has 0 aliphatic carbocycles. The third-order valence-electron chi connectivity index (χ3n) is 2.52. The fourth-order valence-corrected chi connectivity index (χ4v) is 1.85. The summed E-state index contributed by atoms with van der Waals surface area (Å²) in [6.45, 7) is 0. The molecule has 18 heavy (non-hydrogen) atoms. The molecule has 0 aliphatic heterocycles. The summed E-state index contributed by atoms with van der Waals surface area (Å²) in [5, 5.41) is 3.03. The van der Waals surface area contributed by atoms with E-state index < -0.39 is 0 Å². The van der Waals surface area contributed by atoms with Crippen molar-refractivity contribution in [2.75, 3.05) is 12.8 Å². The van der Waals surface area contributed by atoms with Crippen molar-refractivity contribution in [2.24, 2.45) is 0 Å². The molecular weight excluding hydrogens is 250 g/mol. The summed E-state index contributed by atoms with van der Waals surface area (Å²) in [5.41, 5.74) is 8.17. The SMILES string of the molecule is CNC(=O)c1ccc(-c2ccc(N)cn2)c(Cl)c1. The van der Waals surface area contributed by atoms with Crippen LogP contribution in [0.5, 0.6) is 0 Å². The molecule has 0 bridgehead atoms. The van der Waals surface area contributed by atoms with Gasteiger partial charge in [0.25, 0.3) is 5.91 Å². The lowest BCUT2D eigenvalue weighted by molar-refractivity contribution is 0.0963. The van der Waals surface area contributed by atoms with Crippen LogP contribution in [0.4, 0.5) is 5.69 Å². The lowest BCUT2D eigenvalue weighted by Gasteiger charge is -2.06. The Hall–Kier alpha value is -2.07. The van der Waals surface area contributed by atoms with E-state index in [1.54, 1.807) is 43.6 Å².